The molecule has 0 unspecified atom stereocenters. The summed E-state index contributed by atoms with van der Waals surface area (Å²) in [5.74, 6) is 0.500. The summed E-state index contributed by atoms with van der Waals surface area (Å²) < 4.78 is 53.4. The van der Waals surface area contributed by atoms with Crippen molar-refractivity contribution in [2.24, 2.45) is 7.05 Å². The predicted octanol–water partition coefficient (Wildman–Crippen LogP) is 1.38. The number of hydrogen-bond donors (Lipinski definition) is 0. The van der Waals surface area contributed by atoms with Gasteiger partial charge in [0.15, 0.2) is 14.9 Å². The van der Waals surface area contributed by atoms with Crippen LogP contribution in [-0.4, -0.2) is 72.9 Å². The number of hydrogen-bond acceptors (Lipinski definition) is 6. The summed E-state index contributed by atoms with van der Waals surface area (Å²) >= 11 is 0. The molecule has 9 nitrogen and oxygen atoms in total. The van der Waals surface area contributed by atoms with Crippen LogP contribution in [0.25, 0.3) is 0 Å². The van der Waals surface area contributed by atoms with Crippen LogP contribution in [0.1, 0.15) is 31.7 Å². The molecule has 1 aromatic heterocycles. The van der Waals surface area contributed by atoms with Crippen LogP contribution in [0, 0.1) is 6.92 Å². The number of nitrogens with zero attached hydrogens (tertiary/aromatic N) is 4. The van der Waals surface area contributed by atoms with Gasteiger partial charge in [0.1, 0.15) is 5.82 Å². The fraction of sp³-hybridized carbons (Fsp3) is 0.524. The van der Waals surface area contributed by atoms with Gasteiger partial charge in [0.2, 0.25) is 5.91 Å². The SMILES string of the molecule is Cc1nc(S(=O)(=O)N2CCCN(C(=O)Cc3ccc(S(=O)(=O)C(C)C)cc3)CC2)cn1C. The molecule has 3 rings (SSSR count). The Kier molecular flexibility index (Phi) is 7.11. The molecule has 0 saturated carbocycles. The van der Waals surface area contributed by atoms with Gasteiger partial charge >= 0.3 is 0 Å². The molecular weight excluding hydrogens is 452 g/mol. The van der Waals surface area contributed by atoms with Crippen LogP contribution < -0.4 is 0 Å². The van der Waals surface area contributed by atoms with Crippen LogP contribution in [0.4, 0.5) is 0 Å². The Morgan fingerprint density at radius 1 is 1.03 bits per heavy atom. The smallest absolute Gasteiger partial charge is 0.262 e. The Bertz CT molecular complexity index is 1170. The number of imidazole rings is 1. The molecule has 1 aromatic carbocycles. The van der Waals surface area contributed by atoms with Gasteiger partial charge in [0, 0.05) is 39.4 Å². The van der Waals surface area contributed by atoms with Crippen molar-refractivity contribution < 1.29 is 21.6 Å². The molecule has 1 aliphatic heterocycles. The summed E-state index contributed by atoms with van der Waals surface area (Å²) in [5.41, 5.74) is 0.718. The van der Waals surface area contributed by atoms with E-state index in [1.807, 2.05) is 0 Å². The van der Waals surface area contributed by atoms with Crippen LogP contribution in [0.5, 0.6) is 0 Å². The second kappa shape index (κ2) is 9.32. The zero-order valence-corrected chi connectivity index (χ0v) is 20.5. The number of sulfonamides is 1. The van der Waals surface area contributed by atoms with E-state index in [4.69, 9.17) is 0 Å². The molecule has 1 aliphatic rings. The van der Waals surface area contributed by atoms with E-state index in [0.717, 1.165) is 5.56 Å². The highest BCUT2D eigenvalue weighted by atomic mass is 32.2. The Morgan fingerprint density at radius 2 is 1.69 bits per heavy atom. The van der Waals surface area contributed by atoms with E-state index >= 15 is 0 Å². The summed E-state index contributed by atoms with van der Waals surface area (Å²) in [6.45, 7) is 6.29. The van der Waals surface area contributed by atoms with E-state index in [9.17, 15) is 21.6 Å². The van der Waals surface area contributed by atoms with E-state index in [1.165, 1.54) is 22.6 Å². The zero-order chi connectivity index (χ0) is 23.7. The fourth-order valence-corrected chi connectivity index (χ4v) is 6.08. The first kappa shape index (κ1) is 24.4. The van der Waals surface area contributed by atoms with E-state index < -0.39 is 25.1 Å². The molecule has 1 saturated heterocycles. The number of amides is 1. The molecule has 1 fully saturated rings. The molecule has 0 aliphatic carbocycles. The van der Waals surface area contributed by atoms with Crippen LogP contribution >= 0.6 is 0 Å². The second-order valence-corrected chi connectivity index (χ2v) is 12.7. The Hall–Kier alpha value is -2.24. The molecule has 0 bridgehead atoms. The lowest BCUT2D eigenvalue weighted by molar-refractivity contribution is -0.130. The van der Waals surface area contributed by atoms with Gasteiger partial charge in [-0.2, -0.15) is 4.31 Å². The minimum Gasteiger partial charge on any atom is -0.341 e. The van der Waals surface area contributed by atoms with Gasteiger partial charge in [-0.05, 0) is 44.9 Å². The van der Waals surface area contributed by atoms with E-state index in [-0.39, 0.29) is 28.8 Å². The molecule has 0 N–H and O–H groups in total. The number of carbonyl (C=O) groups excluding carboxylic acids is 1. The van der Waals surface area contributed by atoms with Gasteiger partial charge < -0.3 is 9.47 Å². The van der Waals surface area contributed by atoms with Gasteiger partial charge in [-0.25, -0.2) is 21.8 Å². The summed E-state index contributed by atoms with van der Waals surface area (Å²) in [6.07, 6.45) is 2.16. The standard InChI is InChI=1S/C21H30N4O5S2/c1-16(2)31(27,28)19-8-6-18(7-9-19)14-21(26)24-10-5-11-25(13-12-24)32(29,30)20-15-23(4)17(3)22-20/h6-9,15-16H,5,10-14H2,1-4H3. The minimum absolute atomic E-state index is 0.0220. The molecule has 2 aromatic rings. The van der Waals surface area contributed by atoms with E-state index in [2.05, 4.69) is 4.98 Å². The van der Waals surface area contributed by atoms with Crippen LogP contribution in [0.2, 0.25) is 0 Å². The third-order valence-electron chi connectivity index (χ3n) is 5.73. The first-order chi connectivity index (χ1) is 14.9. The molecule has 0 radical (unpaired) electrons. The second-order valence-electron chi connectivity index (χ2n) is 8.29. The minimum atomic E-state index is -3.71. The van der Waals surface area contributed by atoms with Crippen molar-refractivity contribution in [3.05, 3.63) is 41.9 Å². The Labute approximate surface area is 190 Å². The van der Waals surface area contributed by atoms with Crippen molar-refractivity contribution in [1.29, 1.82) is 0 Å². The third-order valence-corrected chi connectivity index (χ3v) is 9.67. The molecule has 11 heteroatoms. The monoisotopic (exact) mass is 482 g/mol. The molecule has 32 heavy (non-hydrogen) atoms. The van der Waals surface area contributed by atoms with Crippen molar-refractivity contribution in [2.45, 2.75) is 48.8 Å². The van der Waals surface area contributed by atoms with E-state index in [0.29, 0.717) is 31.9 Å². The quantitative estimate of drug-likeness (QED) is 0.615. The lowest BCUT2D eigenvalue weighted by Crippen LogP contribution is -2.38. The normalized spacial score (nSPS) is 16.3. The lowest BCUT2D eigenvalue weighted by Gasteiger charge is -2.21. The number of rotatable bonds is 6. The van der Waals surface area contributed by atoms with Crippen LogP contribution in [-0.2, 0) is 38.1 Å². The topological polar surface area (TPSA) is 110 Å². The zero-order valence-electron chi connectivity index (χ0n) is 18.9. The van der Waals surface area contributed by atoms with Crippen molar-refractivity contribution >= 4 is 25.8 Å². The van der Waals surface area contributed by atoms with Crippen molar-refractivity contribution in [2.75, 3.05) is 26.2 Å². The van der Waals surface area contributed by atoms with E-state index in [1.54, 1.807) is 49.4 Å². The van der Waals surface area contributed by atoms with Gasteiger partial charge in [-0.15, -0.1) is 0 Å². The largest absolute Gasteiger partial charge is 0.341 e. The summed E-state index contributed by atoms with van der Waals surface area (Å²) in [7, 11) is -5.33. The summed E-state index contributed by atoms with van der Waals surface area (Å²) in [5, 5.41) is -0.491. The summed E-state index contributed by atoms with van der Waals surface area (Å²) in [6, 6.07) is 6.38. The fourth-order valence-electron chi connectivity index (χ4n) is 3.52. The van der Waals surface area contributed by atoms with Gasteiger partial charge in [-0.3, -0.25) is 4.79 Å². The Balaban J connectivity index is 1.65. The number of sulfone groups is 1. The van der Waals surface area contributed by atoms with Crippen molar-refractivity contribution in [3.63, 3.8) is 0 Å². The highest BCUT2D eigenvalue weighted by Gasteiger charge is 2.30. The maximum atomic E-state index is 12.9. The number of aromatic nitrogens is 2. The molecule has 0 atom stereocenters. The average molecular weight is 483 g/mol. The van der Waals surface area contributed by atoms with Crippen LogP contribution in [0.15, 0.2) is 40.4 Å². The Morgan fingerprint density at radius 3 is 2.25 bits per heavy atom. The molecule has 2 heterocycles. The maximum Gasteiger partial charge on any atom is 0.262 e. The third kappa shape index (κ3) is 5.05. The van der Waals surface area contributed by atoms with Gasteiger partial charge in [0.05, 0.1) is 16.6 Å². The first-order valence-corrected chi connectivity index (χ1v) is 13.5. The predicted molar refractivity (Wildman–Crippen MR) is 120 cm³/mol. The summed E-state index contributed by atoms with van der Waals surface area (Å²) in [4.78, 5) is 18.9. The molecule has 1 amide bonds. The number of carbonyl (C=O) groups is 1. The average Bonchev–Trinajstić information content (AvgIpc) is 2.93. The molecule has 0 spiro atoms. The lowest BCUT2D eigenvalue weighted by atomic mass is 10.1. The van der Waals surface area contributed by atoms with Crippen molar-refractivity contribution in [1.82, 2.24) is 18.8 Å². The van der Waals surface area contributed by atoms with Crippen LogP contribution in [0.3, 0.4) is 0 Å². The van der Waals surface area contributed by atoms with Crippen molar-refractivity contribution in [3.8, 4) is 0 Å². The van der Waals surface area contributed by atoms with Gasteiger partial charge in [0.25, 0.3) is 10.0 Å². The first-order valence-electron chi connectivity index (χ1n) is 10.5. The molecule has 176 valence electrons. The maximum absolute atomic E-state index is 12.9. The highest BCUT2D eigenvalue weighted by molar-refractivity contribution is 7.92. The number of benzene rings is 1. The molecular formula is C21H30N4O5S2. The highest BCUT2D eigenvalue weighted by Crippen LogP contribution is 2.19. The van der Waals surface area contributed by atoms with Gasteiger partial charge in [-0.1, -0.05) is 12.1 Å². The number of aryl methyl sites for hydroxylation is 2.